The van der Waals surface area contributed by atoms with Crippen molar-refractivity contribution in [3.05, 3.63) is 0 Å². The van der Waals surface area contributed by atoms with Gasteiger partial charge in [0, 0.05) is 0 Å². The highest BCUT2D eigenvalue weighted by atomic mass is 16.5. The van der Waals surface area contributed by atoms with Crippen LogP contribution in [0.5, 0.6) is 0 Å². The number of esters is 2. The molecule has 0 spiro atoms. The van der Waals surface area contributed by atoms with Gasteiger partial charge in [0.15, 0.2) is 0 Å². The molecule has 4 nitrogen and oxygen atoms in total. The number of ether oxygens (including phenoxy) is 2. The molecule has 0 heterocycles. The third-order valence-corrected chi connectivity index (χ3v) is 4.02. The summed E-state index contributed by atoms with van der Waals surface area (Å²) in [5.74, 6) is -0.601. The van der Waals surface area contributed by atoms with Crippen LogP contribution in [0.1, 0.15) is 91.9 Å². The lowest BCUT2D eigenvalue weighted by Crippen LogP contribution is -2.23. The van der Waals surface area contributed by atoms with Crippen LogP contribution in [-0.2, 0) is 19.1 Å². The van der Waals surface area contributed by atoms with Crippen LogP contribution in [0.4, 0.5) is 0 Å². The molecule has 0 saturated carbocycles. The molecule has 0 aromatic carbocycles. The van der Waals surface area contributed by atoms with Gasteiger partial charge in [-0.3, -0.25) is 9.59 Å². The van der Waals surface area contributed by atoms with Gasteiger partial charge >= 0.3 is 11.9 Å². The SMILES string of the molecule is CCCCCCCCCCC(CC(=O)OCC(C)C)C(=O)OCC. The van der Waals surface area contributed by atoms with Crippen LogP contribution in [0.15, 0.2) is 0 Å². The molecule has 0 aromatic heterocycles. The molecule has 0 aromatic rings. The van der Waals surface area contributed by atoms with Gasteiger partial charge in [0.2, 0.25) is 0 Å². The molecule has 4 heteroatoms. The maximum atomic E-state index is 12.0. The fourth-order valence-corrected chi connectivity index (χ4v) is 2.61. The largest absolute Gasteiger partial charge is 0.466 e. The highest BCUT2D eigenvalue weighted by Crippen LogP contribution is 2.18. The highest BCUT2D eigenvalue weighted by molar-refractivity contribution is 5.79. The van der Waals surface area contributed by atoms with Crippen LogP contribution in [0.3, 0.4) is 0 Å². The average molecular weight is 343 g/mol. The number of hydrogen-bond donors (Lipinski definition) is 0. The first kappa shape index (κ1) is 22.9. The molecule has 0 aliphatic carbocycles. The van der Waals surface area contributed by atoms with Crippen molar-refractivity contribution in [2.45, 2.75) is 91.9 Å². The molecule has 0 aliphatic rings. The third kappa shape index (κ3) is 13.4. The predicted octanol–water partition coefficient (Wildman–Crippen LogP) is 5.29. The summed E-state index contributed by atoms with van der Waals surface area (Å²) in [6.45, 7) is 8.78. The highest BCUT2D eigenvalue weighted by Gasteiger charge is 2.23. The van der Waals surface area contributed by atoms with Crippen LogP contribution in [0.2, 0.25) is 0 Å². The Balaban J connectivity index is 4.04. The lowest BCUT2D eigenvalue weighted by Gasteiger charge is -2.15. The van der Waals surface area contributed by atoms with Gasteiger partial charge in [-0.05, 0) is 19.3 Å². The van der Waals surface area contributed by atoms with E-state index >= 15 is 0 Å². The van der Waals surface area contributed by atoms with Gasteiger partial charge < -0.3 is 9.47 Å². The first-order valence-corrected chi connectivity index (χ1v) is 9.83. The molecule has 0 fully saturated rings. The van der Waals surface area contributed by atoms with E-state index in [2.05, 4.69) is 6.92 Å². The van der Waals surface area contributed by atoms with E-state index in [1.165, 1.54) is 38.5 Å². The molecule has 0 bridgehead atoms. The van der Waals surface area contributed by atoms with Gasteiger partial charge in [-0.1, -0.05) is 72.1 Å². The smallest absolute Gasteiger partial charge is 0.309 e. The summed E-state index contributed by atoms with van der Waals surface area (Å²) in [5.41, 5.74) is 0. The standard InChI is InChI=1S/C20H38O4/c1-5-7-8-9-10-11-12-13-14-18(20(22)23-6-2)15-19(21)24-16-17(3)4/h17-18H,5-16H2,1-4H3. The Bertz CT molecular complexity index is 326. The summed E-state index contributed by atoms with van der Waals surface area (Å²) in [6.07, 6.45) is 10.6. The van der Waals surface area contributed by atoms with Gasteiger partial charge in [0.05, 0.1) is 25.6 Å². The minimum Gasteiger partial charge on any atom is -0.466 e. The number of hydrogen-bond acceptors (Lipinski definition) is 4. The minimum absolute atomic E-state index is 0.141. The number of carbonyl (C=O) groups is 2. The molecule has 0 amide bonds. The maximum Gasteiger partial charge on any atom is 0.309 e. The Hall–Kier alpha value is -1.06. The molecule has 142 valence electrons. The Morgan fingerprint density at radius 1 is 0.833 bits per heavy atom. The minimum atomic E-state index is -0.357. The van der Waals surface area contributed by atoms with Crippen molar-refractivity contribution in [1.82, 2.24) is 0 Å². The van der Waals surface area contributed by atoms with Crippen LogP contribution in [0, 0.1) is 11.8 Å². The first-order valence-electron chi connectivity index (χ1n) is 9.83. The second kappa shape index (κ2) is 15.5. The molecule has 24 heavy (non-hydrogen) atoms. The summed E-state index contributed by atoms with van der Waals surface area (Å²) in [5, 5.41) is 0. The predicted molar refractivity (Wildman–Crippen MR) is 97.8 cm³/mol. The lowest BCUT2D eigenvalue weighted by molar-refractivity contribution is -0.155. The topological polar surface area (TPSA) is 52.6 Å². The Morgan fingerprint density at radius 2 is 1.42 bits per heavy atom. The van der Waals surface area contributed by atoms with Crippen molar-refractivity contribution in [2.75, 3.05) is 13.2 Å². The van der Waals surface area contributed by atoms with Gasteiger partial charge in [0.25, 0.3) is 0 Å². The number of carbonyl (C=O) groups excluding carboxylic acids is 2. The molecule has 0 aliphatic heterocycles. The third-order valence-electron chi connectivity index (χ3n) is 4.02. The summed E-state index contributed by atoms with van der Waals surface area (Å²) < 4.78 is 10.3. The second-order valence-corrected chi connectivity index (χ2v) is 6.99. The van der Waals surface area contributed by atoms with Crippen LogP contribution in [-0.4, -0.2) is 25.2 Å². The molecular formula is C20H38O4. The van der Waals surface area contributed by atoms with E-state index < -0.39 is 0 Å². The normalized spacial score (nSPS) is 12.2. The summed E-state index contributed by atoms with van der Waals surface area (Å²) in [7, 11) is 0. The van der Waals surface area contributed by atoms with E-state index in [4.69, 9.17) is 9.47 Å². The molecule has 1 unspecified atom stereocenters. The average Bonchev–Trinajstić information content (AvgIpc) is 2.54. The monoisotopic (exact) mass is 342 g/mol. The van der Waals surface area contributed by atoms with Crippen molar-refractivity contribution in [3.63, 3.8) is 0 Å². The van der Waals surface area contributed by atoms with E-state index in [9.17, 15) is 9.59 Å². The van der Waals surface area contributed by atoms with Crippen LogP contribution >= 0.6 is 0 Å². The zero-order valence-electron chi connectivity index (χ0n) is 16.3. The Kier molecular flexibility index (Phi) is 14.8. The summed E-state index contributed by atoms with van der Waals surface area (Å²) in [4.78, 5) is 23.9. The first-order chi connectivity index (χ1) is 11.5. The Labute approximate surface area is 148 Å². The molecule has 1 atom stereocenters. The van der Waals surface area contributed by atoms with E-state index in [0.717, 1.165) is 12.8 Å². The van der Waals surface area contributed by atoms with E-state index in [1.54, 1.807) is 6.92 Å². The molecule has 0 radical (unpaired) electrons. The van der Waals surface area contributed by atoms with Gasteiger partial charge in [-0.25, -0.2) is 0 Å². The lowest BCUT2D eigenvalue weighted by atomic mass is 9.97. The van der Waals surface area contributed by atoms with E-state index in [0.29, 0.717) is 25.6 Å². The van der Waals surface area contributed by atoms with Gasteiger partial charge in [-0.2, -0.15) is 0 Å². The quantitative estimate of drug-likeness (QED) is 0.300. The second-order valence-electron chi connectivity index (χ2n) is 6.99. The fraction of sp³-hybridized carbons (Fsp3) is 0.900. The van der Waals surface area contributed by atoms with Crippen molar-refractivity contribution in [3.8, 4) is 0 Å². The molecule has 0 rings (SSSR count). The van der Waals surface area contributed by atoms with Crippen molar-refractivity contribution >= 4 is 11.9 Å². The summed E-state index contributed by atoms with van der Waals surface area (Å²) in [6, 6.07) is 0. The van der Waals surface area contributed by atoms with Crippen molar-refractivity contribution in [2.24, 2.45) is 11.8 Å². The summed E-state index contributed by atoms with van der Waals surface area (Å²) >= 11 is 0. The van der Waals surface area contributed by atoms with Crippen molar-refractivity contribution < 1.29 is 19.1 Å². The molecular weight excluding hydrogens is 304 g/mol. The zero-order valence-corrected chi connectivity index (χ0v) is 16.3. The van der Waals surface area contributed by atoms with Crippen molar-refractivity contribution in [1.29, 1.82) is 0 Å². The van der Waals surface area contributed by atoms with E-state index in [-0.39, 0.29) is 24.3 Å². The number of unbranched alkanes of at least 4 members (excludes halogenated alkanes) is 7. The van der Waals surface area contributed by atoms with Crippen LogP contribution < -0.4 is 0 Å². The maximum absolute atomic E-state index is 12.0. The molecule has 0 N–H and O–H groups in total. The fourth-order valence-electron chi connectivity index (χ4n) is 2.61. The van der Waals surface area contributed by atoms with Gasteiger partial charge in [-0.15, -0.1) is 0 Å². The zero-order chi connectivity index (χ0) is 18.2. The van der Waals surface area contributed by atoms with E-state index in [1.807, 2.05) is 13.8 Å². The Morgan fingerprint density at radius 3 is 1.96 bits per heavy atom. The molecule has 0 saturated heterocycles. The van der Waals surface area contributed by atoms with Gasteiger partial charge in [0.1, 0.15) is 0 Å². The number of rotatable bonds is 15. The van der Waals surface area contributed by atoms with Crippen LogP contribution in [0.25, 0.3) is 0 Å².